The molecule has 0 aliphatic heterocycles. The molecular formula is C14H18N4O. The molecule has 1 aromatic heterocycles. The standard InChI is InChI=1S/C14H18N4O/c15-13(12-6-2-1-3-7-12)14(19)16-8-4-10-18-11-5-9-17-18/h1-3,5-7,9,11,13H,4,8,10,15H2,(H,16,19). The molecule has 0 aliphatic carbocycles. The average Bonchev–Trinajstić information content (AvgIpc) is 2.96. The molecule has 0 saturated carbocycles. The summed E-state index contributed by atoms with van der Waals surface area (Å²) in [6.45, 7) is 1.38. The molecule has 0 fully saturated rings. The summed E-state index contributed by atoms with van der Waals surface area (Å²) < 4.78 is 1.84. The van der Waals surface area contributed by atoms with Crippen molar-refractivity contribution in [3.8, 4) is 0 Å². The van der Waals surface area contributed by atoms with Crippen molar-refractivity contribution in [1.29, 1.82) is 0 Å². The lowest BCUT2D eigenvalue weighted by atomic mass is 10.1. The second-order valence-corrected chi connectivity index (χ2v) is 4.30. The molecule has 0 bridgehead atoms. The summed E-state index contributed by atoms with van der Waals surface area (Å²) in [4.78, 5) is 11.8. The molecule has 1 unspecified atom stereocenters. The molecule has 5 heteroatoms. The van der Waals surface area contributed by atoms with E-state index in [1.54, 1.807) is 6.20 Å². The molecule has 1 aromatic carbocycles. The number of hydrogen-bond donors (Lipinski definition) is 2. The second kappa shape index (κ2) is 6.70. The Hall–Kier alpha value is -2.14. The molecular weight excluding hydrogens is 240 g/mol. The fourth-order valence-corrected chi connectivity index (χ4v) is 1.81. The lowest BCUT2D eigenvalue weighted by Gasteiger charge is -2.12. The molecule has 1 amide bonds. The van der Waals surface area contributed by atoms with Crippen LogP contribution >= 0.6 is 0 Å². The Morgan fingerprint density at radius 1 is 1.32 bits per heavy atom. The van der Waals surface area contributed by atoms with Crippen LogP contribution in [-0.2, 0) is 11.3 Å². The smallest absolute Gasteiger partial charge is 0.241 e. The highest BCUT2D eigenvalue weighted by molar-refractivity contribution is 5.82. The van der Waals surface area contributed by atoms with Crippen molar-refractivity contribution >= 4 is 5.91 Å². The van der Waals surface area contributed by atoms with Crippen LogP contribution in [0, 0.1) is 0 Å². The minimum absolute atomic E-state index is 0.147. The second-order valence-electron chi connectivity index (χ2n) is 4.30. The quantitative estimate of drug-likeness (QED) is 0.762. The van der Waals surface area contributed by atoms with Crippen LogP contribution in [0.4, 0.5) is 0 Å². The summed E-state index contributed by atoms with van der Waals surface area (Å²) in [5.41, 5.74) is 6.71. The predicted molar refractivity (Wildman–Crippen MR) is 73.2 cm³/mol. The van der Waals surface area contributed by atoms with Crippen LogP contribution in [0.1, 0.15) is 18.0 Å². The molecule has 2 rings (SSSR count). The maximum absolute atomic E-state index is 11.8. The number of carbonyl (C=O) groups excluding carboxylic acids is 1. The third kappa shape index (κ3) is 3.93. The number of aromatic nitrogens is 2. The van der Waals surface area contributed by atoms with E-state index in [2.05, 4.69) is 10.4 Å². The number of nitrogens with one attached hydrogen (secondary N) is 1. The first-order valence-corrected chi connectivity index (χ1v) is 6.33. The van der Waals surface area contributed by atoms with E-state index >= 15 is 0 Å². The molecule has 0 spiro atoms. The van der Waals surface area contributed by atoms with E-state index in [1.165, 1.54) is 0 Å². The van der Waals surface area contributed by atoms with Crippen molar-refractivity contribution in [3.63, 3.8) is 0 Å². The maximum atomic E-state index is 11.8. The van der Waals surface area contributed by atoms with Gasteiger partial charge in [-0.2, -0.15) is 5.10 Å². The molecule has 1 heterocycles. The summed E-state index contributed by atoms with van der Waals surface area (Å²) in [7, 11) is 0. The first kappa shape index (κ1) is 13.3. The van der Waals surface area contributed by atoms with Crippen LogP contribution in [0.3, 0.4) is 0 Å². The number of aryl methyl sites for hydroxylation is 1. The normalized spacial score (nSPS) is 12.1. The number of rotatable bonds is 6. The van der Waals surface area contributed by atoms with E-state index in [1.807, 2.05) is 47.3 Å². The van der Waals surface area contributed by atoms with Crippen LogP contribution in [0.2, 0.25) is 0 Å². The minimum Gasteiger partial charge on any atom is -0.354 e. The SMILES string of the molecule is NC(C(=O)NCCCn1cccn1)c1ccccc1. The minimum atomic E-state index is -0.606. The molecule has 0 radical (unpaired) electrons. The maximum Gasteiger partial charge on any atom is 0.241 e. The van der Waals surface area contributed by atoms with E-state index in [9.17, 15) is 4.79 Å². The van der Waals surface area contributed by atoms with Gasteiger partial charge in [-0.1, -0.05) is 30.3 Å². The highest BCUT2D eigenvalue weighted by atomic mass is 16.2. The van der Waals surface area contributed by atoms with E-state index in [-0.39, 0.29) is 5.91 Å². The number of carbonyl (C=O) groups is 1. The summed E-state index contributed by atoms with van der Waals surface area (Å²) in [6, 6.07) is 10.6. The largest absolute Gasteiger partial charge is 0.354 e. The Balaban J connectivity index is 1.72. The zero-order valence-electron chi connectivity index (χ0n) is 10.7. The van der Waals surface area contributed by atoms with Gasteiger partial charge in [0.25, 0.3) is 0 Å². The first-order valence-electron chi connectivity index (χ1n) is 6.33. The van der Waals surface area contributed by atoms with Gasteiger partial charge in [-0.05, 0) is 18.1 Å². The van der Waals surface area contributed by atoms with Gasteiger partial charge in [0, 0.05) is 25.5 Å². The third-order valence-electron chi connectivity index (χ3n) is 2.86. The third-order valence-corrected chi connectivity index (χ3v) is 2.86. The van der Waals surface area contributed by atoms with Gasteiger partial charge in [0.15, 0.2) is 0 Å². The lowest BCUT2D eigenvalue weighted by molar-refractivity contribution is -0.122. The van der Waals surface area contributed by atoms with Crippen molar-refractivity contribution in [1.82, 2.24) is 15.1 Å². The molecule has 1 atom stereocenters. The van der Waals surface area contributed by atoms with Gasteiger partial charge in [-0.25, -0.2) is 0 Å². The molecule has 0 saturated heterocycles. The van der Waals surface area contributed by atoms with Crippen molar-refractivity contribution in [2.45, 2.75) is 19.0 Å². The highest BCUT2D eigenvalue weighted by Crippen LogP contribution is 2.08. The fourth-order valence-electron chi connectivity index (χ4n) is 1.81. The molecule has 5 nitrogen and oxygen atoms in total. The van der Waals surface area contributed by atoms with Gasteiger partial charge in [0.05, 0.1) is 0 Å². The lowest BCUT2D eigenvalue weighted by Crippen LogP contribution is -2.34. The number of hydrogen-bond acceptors (Lipinski definition) is 3. The molecule has 0 aliphatic rings. The Labute approximate surface area is 112 Å². The summed E-state index contributed by atoms with van der Waals surface area (Å²) >= 11 is 0. The molecule has 19 heavy (non-hydrogen) atoms. The van der Waals surface area contributed by atoms with Gasteiger partial charge in [-0.15, -0.1) is 0 Å². The first-order chi connectivity index (χ1) is 9.27. The van der Waals surface area contributed by atoms with Gasteiger partial charge in [0.1, 0.15) is 6.04 Å². The van der Waals surface area contributed by atoms with Crippen molar-refractivity contribution in [2.24, 2.45) is 5.73 Å². The summed E-state index contributed by atoms with van der Waals surface area (Å²) in [5, 5.41) is 6.93. The molecule has 3 N–H and O–H groups in total. The van der Waals surface area contributed by atoms with Crippen LogP contribution in [-0.4, -0.2) is 22.2 Å². The monoisotopic (exact) mass is 258 g/mol. The van der Waals surface area contributed by atoms with Crippen LogP contribution in [0.15, 0.2) is 48.8 Å². The van der Waals surface area contributed by atoms with Crippen molar-refractivity contribution in [2.75, 3.05) is 6.54 Å². The number of amides is 1. The zero-order valence-corrected chi connectivity index (χ0v) is 10.7. The molecule has 100 valence electrons. The summed E-state index contributed by atoms with van der Waals surface area (Å²) in [6.07, 6.45) is 4.47. The Kier molecular flexibility index (Phi) is 4.69. The average molecular weight is 258 g/mol. The highest BCUT2D eigenvalue weighted by Gasteiger charge is 2.14. The molecule has 2 aromatic rings. The van der Waals surface area contributed by atoms with Crippen LogP contribution in [0.25, 0.3) is 0 Å². The Bertz CT molecular complexity index is 495. The van der Waals surface area contributed by atoms with Gasteiger partial charge < -0.3 is 11.1 Å². The zero-order chi connectivity index (χ0) is 13.5. The number of nitrogens with two attached hydrogens (primary N) is 1. The van der Waals surface area contributed by atoms with E-state index in [4.69, 9.17) is 5.73 Å². The predicted octanol–water partition coefficient (Wildman–Crippen LogP) is 1.09. The van der Waals surface area contributed by atoms with Gasteiger partial charge in [0.2, 0.25) is 5.91 Å². The number of nitrogens with zero attached hydrogens (tertiary/aromatic N) is 2. The van der Waals surface area contributed by atoms with Gasteiger partial charge in [-0.3, -0.25) is 9.48 Å². The van der Waals surface area contributed by atoms with Crippen molar-refractivity contribution < 1.29 is 4.79 Å². The topological polar surface area (TPSA) is 72.9 Å². The fraction of sp³-hybridized carbons (Fsp3) is 0.286. The van der Waals surface area contributed by atoms with Crippen molar-refractivity contribution in [3.05, 3.63) is 54.4 Å². The van der Waals surface area contributed by atoms with Crippen LogP contribution in [0.5, 0.6) is 0 Å². The Morgan fingerprint density at radius 3 is 2.79 bits per heavy atom. The van der Waals surface area contributed by atoms with E-state index in [0.717, 1.165) is 18.5 Å². The van der Waals surface area contributed by atoms with E-state index < -0.39 is 6.04 Å². The van der Waals surface area contributed by atoms with Crippen LogP contribution < -0.4 is 11.1 Å². The Morgan fingerprint density at radius 2 is 2.11 bits per heavy atom. The summed E-state index contributed by atoms with van der Waals surface area (Å²) in [5.74, 6) is -0.147. The van der Waals surface area contributed by atoms with Gasteiger partial charge >= 0.3 is 0 Å². The van der Waals surface area contributed by atoms with E-state index in [0.29, 0.717) is 6.54 Å². The number of benzene rings is 1.